The third kappa shape index (κ3) is 6.31. The van der Waals surface area contributed by atoms with Gasteiger partial charge in [-0.2, -0.15) is 0 Å². The van der Waals surface area contributed by atoms with Crippen LogP contribution >= 0.6 is 12.4 Å². The van der Waals surface area contributed by atoms with Gasteiger partial charge in [0.25, 0.3) is 0 Å². The number of nitrogens with one attached hydrogen (secondary N) is 1. The van der Waals surface area contributed by atoms with Crippen LogP contribution in [0.3, 0.4) is 0 Å². The Hall–Kier alpha value is -1.46. The highest BCUT2D eigenvalue weighted by Gasteiger charge is 2.06. The summed E-state index contributed by atoms with van der Waals surface area (Å²) in [7, 11) is 5.13. The third-order valence-corrected chi connectivity index (χ3v) is 2.51. The zero-order valence-electron chi connectivity index (χ0n) is 11.5. The zero-order chi connectivity index (χ0) is 13.4. The Morgan fingerprint density at radius 1 is 1.26 bits per heavy atom. The first-order valence-corrected chi connectivity index (χ1v) is 5.82. The van der Waals surface area contributed by atoms with Crippen molar-refractivity contribution < 1.29 is 14.3 Å². The molecule has 0 bridgehead atoms. The van der Waals surface area contributed by atoms with E-state index >= 15 is 0 Å². The van der Waals surface area contributed by atoms with Gasteiger partial charge in [0.2, 0.25) is 5.91 Å². The number of ether oxygens (including phenoxy) is 2. The molecule has 0 aliphatic heterocycles. The Morgan fingerprint density at radius 2 is 1.84 bits per heavy atom. The number of amides is 1. The monoisotopic (exact) mass is 288 g/mol. The second-order valence-corrected chi connectivity index (χ2v) is 3.87. The molecule has 0 atom stereocenters. The van der Waals surface area contributed by atoms with Crippen LogP contribution < -0.4 is 14.8 Å². The smallest absolute Gasteiger partial charge is 0.236 e. The standard InChI is InChI=1S/C13H20N2O3.ClH/c1-14-10-13(16)15(2)8-9-18-12-6-4-11(17-3)5-7-12;/h4-7,14H,8-10H2,1-3H3;1H. The topological polar surface area (TPSA) is 50.8 Å². The molecule has 1 rings (SSSR count). The van der Waals surface area contributed by atoms with Gasteiger partial charge in [0.05, 0.1) is 20.2 Å². The van der Waals surface area contributed by atoms with E-state index in [2.05, 4.69) is 5.32 Å². The van der Waals surface area contributed by atoms with Crippen molar-refractivity contribution in [3.8, 4) is 11.5 Å². The largest absolute Gasteiger partial charge is 0.497 e. The fourth-order valence-electron chi connectivity index (χ4n) is 1.38. The van der Waals surface area contributed by atoms with Crippen LogP contribution in [0.4, 0.5) is 0 Å². The number of carbonyl (C=O) groups excluding carboxylic acids is 1. The average molecular weight is 289 g/mol. The summed E-state index contributed by atoms with van der Waals surface area (Å²) in [6, 6.07) is 7.36. The van der Waals surface area contributed by atoms with E-state index in [-0.39, 0.29) is 18.3 Å². The van der Waals surface area contributed by atoms with Gasteiger partial charge in [0.15, 0.2) is 0 Å². The summed E-state index contributed by atoms with van der Waals surface area (Å²) >= 11 is 0. The molecule has 0 aliphatic carbocycles. The van der Waals surface area contributed by atoms with Gasteiger partial charge < -0.3 is 19.7 Å². The second kappa shape index (κ2) is 9.47. The molecule has 1 aromatic carbocycles. The van der Waals surface area contributed by atoms with Crippen LogP contribution in [-0.2, 0) is 4.79 Å². The number of hydrogen-bond donors (Lipinski definition) is 1. The highest BCUT2D eigenvalue weighted by Crippen LogP contribution is 2.16. The fraction of sp³-hybridized carbons (Fsp3) is 0.462. The third-order valence-electron chi connectivity index (χ3n) is 2.51. The van der Waals surface area contributed by atoms with E-state index in [9.17, 15) is 4.79 Å². The molecule has 0 saturated heterocycles. The lowest BCUT2D eigenvalue weighted by atomic mass is 10.3. The van der Waals surface area contributed by atoms with Crippen LogP contribution in [0.25, 0.3) is 0 Å². The maximum absolute atomic E-state index is 11.5. The molecule has 0 aliphatic rings. The average Bonchev–Trinajstić information content (AvgIpc) is 2.39. The number of rotatable bonds is 7. The molecule has 6 heteroatoms. The van der Waals surface area contributed by atoms with Gasteiger partial charge in [-0.1, -0.05) is 0 Å². The first-order chi connectivity index (χ1) is 8.67. The summed E-state index contributed by atoms with van der Waals surface area (Å²) in [6.45, 7) is 1.38. The quantitative estimate of drug-likeness (QED) is 0.818. The molecular formula is C13H21ClN2O3. The second-order valence-electron chi connectivity index (χ2n) is 3.87. The minimum absolute atomic E-state index is 0. The predicted molar refractivity (Wildman–Crippen MR) is 77.3 cm³/mol. The van der Waals surface area contributed by atoms with Gasteiger partial charge in [-0.25, -0.2) is 0 Å². The van der Waals surface area contributed by atoms with Crippen molar-refractivity contribution in [2.75, 3.05) is 40.9 Å². The summed E-state index contributed by atoms with van der Waals surface area (Å²) in [5.41, 5.74) is 0. The lowest BCUT2D eigenvalue weighted by Gasteiger charge is -2.17. The minimum atomic E-state index is 0. The number of benzene rings is 1. The van der Waals surface area contributed by atoms with Gasteiger partial charge in [0, 0.05) is 7.05 Å². The van der Waals surface area contributed by atoms with E-state index in [1.807, 2.05) is 24.3 Å². The Morgan fingerprint density at radius 3 is 2.37 bits per heavy atom. The van der Waals surface area contributed by atoms with Crippen molar-refractivity contribution in [1.29, 1.82) is 0 Å². The van der Waals surface area contributed by atoms with Crippen molar-refractivity contribution in [2.24, 2.45) is 0 Å². The van der Waals surface area contributed by atoms with Crippen LogP contribution in [-0.4, -0.2) is 51.7 Å². The van der Waals surface area contributed by atoms with E-state index < -0.39 is 0 Å². The maximum Gasteiger partial charge on any atom is 0.236 e. The van der Waals surface area contributed by atoms with Crippen molar-refractivity contribution in [1.82, 2.24) is 10.2 Å². The number of halogens is 1. The maximum atomic E-state index is 11.5. The van der Waals surface area contributed by atoms with Gasteiger partial charge in [-0.05, 0) is 31.3 Å². The summed E-state index contributed by atoms with van der Waals surface area (Å²) in [4.78, 5) is 13.1. The molecule has 1 aromatic rings. The van der Waals surface area contributed by atoms with E-state index in [0.717, 1.165) is 11.5 Å². The highest BCUT2D eigenvalue weighted by atomic mass is 35.5. The lowest BCUT2D eigenvalue weighted by Crippen LogP contribution is -2.36. The minimum Gasteiger partial charge on any atom is -0.497 e. The van der Waals surface area contributed by atoms with Crippen LogP contribution in [0, 0.1) is 0 Å². The normalized spacial score (nSPS) is 9.42. The van der Waals surface area contributed by atoms with Gasteiger partial charge in [0.1, 0.15) is 18.1 Å². The van der Waals surface area contributed by atoms with E-state index in [1.165, 1.54) is 0 Å². The van der Waals surface area contributed by atoms with Crippen molar-refractivity contribution in [2.45, 2.75) is 0 Å². The molecule has 0 unspecified atom stereocenters. The van der Waals surface area contributed by atoms with E-state index in [0.29, 0.717) is 19.7 Å². The number of hydrogen-bond acceptors (Lipinski definition) is 4. The SMILES string of the molecule is CNCC(=O)N(C)CCOc1ccc(OC)cc1.Cl. The summed E-state index contributed by atoms with van der Waals surface area (Å²) in [6.07, 6.45) is 0. The molecule has 0 radical (unpaired) electrons. The molecule has 5 nitrogen and oxygen atoms in total. The molecule has 0 aromatic heterocycles. The van der Waals surface area contributed by atoms with Crippen molar-refractivity contribution >= 4 is 18.3 Å². The molecule has 108 valence electrons. The molecule has 1 amide bonds. The Bertz CT molecular complexity index is 371. The number of methoxy groups -OCH3 is 1. The molecular weight excluding hydrogens is 268 g/mol. The summed E-state index contributed by atoms with van der Waals surface area (Å²) in [5, 5.41) is 2.82. The molecule has 0 fully saturated rings. The number of carbonyl (C=O) groups is 1. The number of likely N-dealkylation sites (N-methyl/N-ethyl adjacent to an activating group) is 2. The van der Waals surface area contributed by atoms with Crippen LogP contribution in [0.15, 0.2) is 24.3 Å². The Balaban J connectivity index is 0.00000324. The first kappa shape index (κ1) is 17.5. The van der Waals surface area contributed by atoms with Gasteiger partial charge >= 0.3 is 0 Å². The first-order valence-electron chi connectivity index (χ1n) is 5.82. The summed E-state index contributed by atoms with van der Waals surface area (Å²) in [5.74, 6) is 1.62. The van der Waals surface area contributed by atoms with E-state index in [4.69, 9.17) is 9.47 Å². The number of nitrogens with zero attached hydrogens (tertiary/aromatic N) is 1. The Kier molecular flexibility index (Phi) is 8.74. The fourth-order valence-corrected chi connectivity index (χ4v) is 1.38. The van der Waals surface area contributed by atoms with Crippen LogP contribution in [0.2, 0.25) is 0 Å². The molecule has 19 heavy (non-hydrogen) atoms. The van der Waals surface area contributed by atoms with Crippen LogP contribution in [0.1, 0.15) is 0 Å². The molecule has 1 N–H and O–H groups in total. The van der Waals surface area contributed by atoms with Crippen LogP contribution in [0.5, 0.6) is 11.5 Å². The van der Waals surface area contributed by atoms with E-state index in [1.54, 1.807) is 26.1 Å². The predicted octanol–water partition coefficient (Wildman–Crippen LogP) is 1.17. The van der Waals surface area contributed by atoms with Crippen molar-refractivity contribution in [3.05, 3.63) is 24.3 Å². The molecule has 0 spiro atoms. The zero-order valence-corrected chi connectivity index (χ0v) is 12.3. The lowest BCUT2D eigenvalue weighted by molar-refractivity contribution is -0.129. The summed E-state index contributed by atoms with van der Waals surface area (Å²) < 4.78 is 10.6. The van der Waals surface area contributed by atoms with Crippen molar-refractivity contribution in [3.63, 3.8) is 0 Å². The molecule has 0 saturated carbocycles. The highest BCUT2D eigenvalue weighted by molar-refractivity contribution is 5.85. The molecule has 0 heterocycles. The Labute approximate surface area is 120 Å². The van der Waals surface area contributed by atoms with Gasteiger partial charge in [-0.15, -0.1) is 12.4 Å². The van der Waals surface area contributed by atoms with Gasteiger partial charge in [-0.3, -0.25) is 4.79 Å².